The topological polar surface area (TPSA) is 39.4 Å². The second kappa shape index (κ2) is 4.76. The molecular weight excluding hydrogens is 283 g/mol. The fourth-order valence-electron chi connectivity index (χ4n) is 2.17. The van der Waals surface area contributed by atoms with Gasteiger partial charge in [-0.15, -0.1) is 10.2 Å². The molecular formula is C14H10F3N3O. The molecule has 0 bridgehead atoms. The molecule has 21 heavy (non-hydrogen) atoms. The largest absolute Gasteiger partial charge is 0.482 e. The van der Waals surface area contributed by atoms with E-state index in [9.17, 15) is 13.2 Å². The molecule has 0 unspecified atom stereocenters. The van der Waals surface area contributed by atoms with Crippen LogP contribution in [0.2, 0.25) is 0 Å². The lowest BCUT2D eigenvalue weighted by Gasteiger charge is -2.12. The third kappa shape index (κ3) is 2.20. The van der Waals surface area contributed by atoms with Crippen LogP contribution < -0.4 is 4.74 Å². The minimum atomic E-state index is -4.47. The van der Waals surface area contributed by atoms with Gasteiger partial charge in [0, 0.05) is 5.56 Å². The van der Waals surface area contributed by atoms with E-state index in [1.807, 2.05) is 0 Å². The van der Waals surface area contributed by atoms with Crippen molar-refractivity contribution in [2.45, 2.75) is 6.18 Å². The van der Waals surface area contributed by atoms with Crippen molar-refractivity contribution in [3.05, 3.63) is 48.0 Å². The van der Waals surface area contributed by atoms with Gasteiger partial charge in [-0.1, -0.05) is 24.3 Å². The first-order valence-electron chi connectivity index (χ1n) is 6.07. The molecule has 0 saturated carbocycles. The maximum atomic E-state index is 13.1. The molecule has 7 heteroatoms. The van der Waals surface area contributed by atoms with Crippen molar-refractivity contribution in [2.24, 2.45) is 0 Å². The molecule has 0 aliphatic heterocycles. The van der Waals surface area contributed by atoms with Gasteiger partial charge in [-0.25, -0.2) is 4.40 Å². The number of methoxy groups -OCH3 is 1. The SMILES string of the molecule is COc1cccc2nnc(-c3ccccc3C(F)(F)F)n12. The van der Waals surface area contributed by atoms with Crippen molar-refractivity contribution in [2.75, 3.05) is 7.11 Å². The molecule has 0 amide bonds. The Labute approximate surface area is 117 Å². The Morgan fingerprint density at radius 1 is 1.00 bits per heavy atom. The summed E-state index contributed by atoms with van der Waals surface area (Å²) in [5, 5.41) is 7.77. The van der Waals surface area contributed by atoms with Gasteiger partial charge < -0.3 is 4.74 Å². The monoisotopic (exact) mass is 293 g/mol. The Bertz CT molecular complexity index is 796. The molecule has 0 fully saturated rings. The second-order valence-corrected chi connectivity index (χ2v) is 4.33. The highest BCUT2D eigenvalue weighted by atomic mass is 19.4. The zero-order valence-electron chi connectivity index (χ0n) is 10.9. The summed E-state index contributed by atoms with van der Waals surface area (Å²) in [5.41, 5.74) is -0.381. The lowest BCUT2D eigenvalue weighted by atomic mass is 10.1. The van der Waals surface area contributed by atoms with Crippen LogP contribution in [0.3, 0.4) is 0 Å². The molecule has 108 valence electrons. The number of hydrogen-bond donors (Lipinski definition) is 0. The zero-order chi connectivity index (χ0) is 15.0. The maximum Gasteiger partial charge on any atom is 0.417 e. The number of ether oxygens (including phenoxy) is 1. The Morgan fingerprint density at radius 2 is 1.76 bits per heavy atom. The molecule has 0 radical (unpaired) electrons. The summed E-state index contributed by atoms with van der Waals surface area (Å²) in [6, 6.07) is 10.2. The summed E-state index contributed by atoms with van der Waals surface area (Å²) in [7, 11) is 1.44. The molecule has 2 aromatic heterocycles. The van der Waals surface area contributed by atoms with Gasteiger partial charge in [-0.2, -0.15) is 13.2 Å². The Kier molecular flexibility index (Phi) is 3.04. The molecule has 3 aromatic rings. The fourth-order valence-corrected chi connectivity index (χ4v) is 2.17. The standard InChI is InChI=1S/C14H10F3N3O/c1-21-12-8-4-7-11-18-19-13(20(11)12)9-5-2-3-6-10(9)14(15,16)17/h2-8H,1H3. The quantitative estimate of drug-likeness (QED) is 0.726. The molecule has 3 rings (SSSR count). The van der Waals surface area contributed by atoms with Crippen LogP contribution in [-0.4, -0.2) is 21.7 Å². The predicted molar refractivity (Wildman–Crippen MR) is 70.0 cm³/mol. The zero-order valence-corrected chi connectivity index (χ0v) is 10.9. The van der Waals surface area contributed by atoms with E-state index in [4.69, 9.17) is 4.74 Å². The van der Waals surface area contributed by atoms with Crippen LogP contribution in [0, 0.1) is 0 Å². The van der Waals surface area contributed by atoms with Crippen molar-refractivity contribution in [3.63, 3.8) is 0 Å². The van der Waals surface area contributed by atoms with Crippen LogP contribution in [0.1, 0.15) is 5.56 Å². The molecule has 2 heterocycles. The second-order valence-electron chi connectivity index (χ2n) is 4.33. The van der Waals surface area contributed by atoms with Crippen molar-refractivity contribution in [1.82, 2.24) is 14.6 Å². The normalized spacial score (nSPS) is 11.8. The molecule has 0 saturated heterocycles. The molecule has 1 aromatic carbocycles. The number of fused-ring (bicyclic) bond motifs is 1. The number of aromatic nitrogens is 3. The van der Waals surface area contributed by atoms with Gasteiger partial charge in [0.2, 0.25) is 5.88 Å². The van der Waals surface area contributed by atoms with Gasteiger partial charge in [0.15, 0.2) is 11.5 Å². The van der Waals surface area contributed by atoms with E-state index in [1.165, 1.54) is 29.7 Å². The van der Waals surface area contributed by atoms with E-state index < -0.39 is 11.7 Å². The van der Waals surface area contributed by atoms with Crippen molar-refractivity contribution in [1.29, 1.82) is 0 Å². The van der Waals surface area contributed by atoms with Gasteiger partial charge in [0.1, 0.15) is 0 Å². The number of benzene rings is 1. The third-order valence-electron chi connectivity index (χ3n) is 3.08. The molecule has 4 nitrogen and oxygen atoms in total. The highest BCUT2D eigenvalue weighted by Crippen LogP contribution is 2.37. The highest BCUT2D eigenvalue weighted by Gasteiger charge is 2.34. The van der Waals surface area contributed by atoms with Crippen molar-refractivity contribution < 1.29 is 17.9 Å². The Hall–Kier alpha value is -2.57. The van der Waals surface area contributed by atoms with Crippen molar-refractivity contribution in [3.8, 4) is 17.3 Å². The highest BCUT2D eigenvalue weighted by molar-refractivity contribution is 5.65. The first kappa shape index (κ1) is 13.4. The minimum absolute atomic E-state index is 0.0398. The van der Waals surface area contributed by atoms with E-state index >= 15 is 0 Å². The third-order valence-corrected chi connectivity index (χ3v) is 3.08. The minimum Gasteiger partial charge on any atom is -0.482 e. The molecule has 0 spiro atoms. The first-order chi connectivity index (χ1) is 10.0. The molecule has 0 aliphatic carbocycles. The van der Waals surface area contributed by atoms with Crippen LogP contribution in [0.25, 0.3) is 17.0 Å². The van der Waals surface area contributed by atoms with E-state index in [2.05, 4.69) is 10.2 Å². The van der Waals surface area contributed by atoms with Gasteiger partial charge in [0.25, 0.3) is 0 Å². The Balaban J connectivity index is 2.32. The lowest BCUT2D eigenvalue weighted by Crippen LogP contribution is -2.08. The van der Waals surface area contributed by atoms with E-state index in [-0.39, 0.29) is 11.4 Å². The summed E-state index contributed by atoms with van der Waals surface area (Å²) < 4.78 is 46.0. The number of alkyl halides is 3. The van der Waals surface area contributed by atoms with Crippen LogP contribution >= 0.6 is 0 Å². The summed E-state index contributed by atoms with van der Waals surface area (Å²) in [4.78, 5) is 0. The number of rotatable bonds is 2. The Morgan fingerprint density at radius 3 is 2.48 bits per heavy atom. The van der Waals surface area contributed by atoms with Crippen LogP contribution in [-0.2, 0) is 6.18 Å². The number of halogens is 3. The van der Waals surface area contributed by atoms with Crippen LogP contribution in [0.5, 0.6) is 5.88 Å². The summed E-state index contributed by atoms with van der Waals surface area (Å²) in [6.45, 7) is 0. The van der Waals surface area contributed by atoms with Crippen LogP contribution in [0.15, 0.2) is 42.5 Å². The van der Waals surface area contributed by atoms with Gasteiger partial charge in [0.05, 0.1) is 12.7 Å². The average molecular weight is 293 g/mol. The van der Waals surface area contributed by atoms with Gasteiger partial charge in [-0.3, -0.25) is 0 Å². The van der Waals surface area contributed by atoms with E-state index in [1.54, 1.807) is 18.2 Å². The summed E-state index contributed by atoms with van der Waals surface area (Å²) in [6.07, 6.45) is -4.47. The lowest BCUT2D eigenvalue weighted by molar-refractivity contribution is -0.137. The fraction of sp³-hybridized carbons (Fsp3) is 0.143. The summed E-state index contributed by atoms with van der Waals surface area (Å²) in [5.74, 6) is 0.458. The average Bonchev–Trinajstić information content (AvgIpc) is 2.90. The number of hydrogen-bond acceptors (Lipinski definition) is 3. The number of nitrogens with zero attached hydrogens (tertiary/aromatic N) is 3. The van der Waals surface area contributed by atoms with E-state index in [0.717, 1.165) is 6.07 Å². The molecule has 0 N–H and O–H groups in total. The van der Waals surface area contributed by atoms with E-state index in [0.29, 0.717) is 11.5 Å². The molecule has 0 atom stereocenters. The summed E-state index contributed by atoms with van der Waals surface area (Å²) >= 11 is 0. The smallest absolute Gasteiger partial charge is 0.417 e. The predicted octanol–water partition coefficient (Wildman–Crippen LogP) is 3.42. The maximum absolute atomic E-state index is 13.1. The van der Waals surface area contributed by atoms with Gasteiger partial charge >= 0.3 is 6.18 Å². The first-order valence-corrected chi connectivity index (χ1v) is 6.07. The number of pyridine rings is 1. The van der Waals surface area contributed by atoms with Gasteiger partial charge in [-0.05, 0) is 18.2 Å². The van der Waals surface area contributed by atoms with Crippen LogP contribution in [0.4, 0.5) is 13.2 Å². The van der Waals surface area contributed by atoms with Crippen molar-refractivity contribution >= 4 is 5.65 Å². The molecule has 0 aliphatic rings.